The van der Waals surface area contributed by atoms with Crippen LogP contribution in [0.5, 0.6) is 0 Å². The highest BCUT2D eigenvalue weighted by Crippen LogP contribution is 2.94. The quantitative estimate of drug-likeness (QED) is 0.668. The highest BCUT2D eigenvalue weighted by atomic mass is 79.9. The summed E-state index contributed by atoms with van der Waals surface area (Å²) < 4.78 is 0.541. The second-order valence-electron chi connectivity index (χ2n) is 5.04. The minimum Gasteiger partial charge on any atom is -0.0837 e. The van der Waals surface area contributed by atoms with Gasteiger partial charge in [-0.2, -0.15) is 0 Å². The minimum absolute atomic E-state index is 0.541. The van der Waals surface area contributed by atoms with E-state index >= 15 is 0 Å². The molecule has 3 fully saturated rings. The zero-order valence-corrected chi connectivity index (χ0v) is 9.63. The van der Waals surface area contributed by atoms with Gasteiger partial charge in [-0.05, 0) is 30.2 Å². The van der Waals surface area contributed by atoms with E-state index in [1.165, 1.54) is 19.3 Å². The van der Waals surface area contributed by atoms with Crippen molar-refractivity contribution in [1.29, 1.82) is 0 Å². The van der Waals surface area contributed by atoms with Crippen LogP contribution in [-0.2, 0) is 5.41 Å². The number of fused-ring (bicyclic) bond motifs is 2. The maximum Gasteiger partial charge on any atom is 0.0435 e. The third kappa shape index (κ3) is 0.565. The molecule has 3 aliphatic carbocycles. The molecule has 0 N–H and O–H groups in total. The number of hydrogen-bond donors (Lipinski definition) is 0. The Morgan fingerprint density at radius 2 is 1.71 bits per heavy atom. The van der Waals surface area contributed by atoms with Gasteiger partial charge < -0.3 is 0 Å². The number of halogens is 1. The molecule has 0 aliphatic heterocycles. The highest BCUT2D eigenvalue weighted by Gasteiger charge is 2.97. The summed E-state index contributed by atoms with van der Waals surface area (Å²) in [4.78, 5) is 0. The molecule has 0 bridgehead atoms. The zero-order chi connectivity index (χ0) is 9.39. The third-order valence-corrected chi connectivity index (χ3v) is 6.58. The fourth-order valence-electron chi connectivity index (χ4n) is 4.25. The standard InChI is InChI=1S/C13H13Br/c14-13-10-7-4-8-11(13)12(10,13)9-5-2-1-3-6-9/h1-3,5-6,10-11H,4,7-8H2/t10-,11+,12?,13?. The molecule has 0 nitrogen and oxygen atoms in total. The molecule has 1 aromatic rings. The molecular formula is C13H13Br. The van der Waals surface area contributed by atoms with Gasteiger partial charge in [0.25, 0.3) is 0 Å². The van der Waals surface area contributed by atoms with Crippen molar-refractivity contribution in [2.24, 2.45) is 11.8 Å². The van der Waals surface area contributed by atoms with Gasteiger partial charge in [0.2, 0.25) is 0 Å². The summed E-state index contributed by atoms with van der Waals surface area (Å²) in [5.41, 5.74) is 2.17. The molecule has 0 amide bonds. The van der Waals surface area contributed by atoms with Crippen LogP contribution >= 0.6 is 15.9 Å². The van der Waals surface area contributed by atoms with Gasteiger partial charge in [0.1, 0.15) is 0 Å². The molecule has 0 spiro atoms. The molecule has 1 aromatic carbocycles. The largest absolute Gasteiger partial charge is 0.0837 e. The summed E-state index contributed by atoms with van der Waals surface area (Å²) in [6.45, 7) is 0. The fourth-order valence-corrected chi connectivity index (χ4v) is 5.98. The number of hydrogen-bond acceptors (Lipinski definition) is 0. The van der Waals surface area contributed by atoms with Crippen molar-refractivity contribution in [2.75, 3.05) is 0 Å². The van der Waals surface area contributed by atoms with Crippen LogP contribution in [0.1, 0.15) is 24.8 Å². The Kier molecular flexibility index (Phi) is 1.19. The van der Waals surface area contributed by atoms with Gasteiger partial charge in [-0.15, -0.1) is 0 Å². The normalized spacial score (nSPS) is 52.4. The monoisotopic (exact) mass is 248 g/mol. The molecule has 72 valence electrons. The van der Waals surface area contributed by atoms with Crippen molar-refractivity contribution in [3.05, 3.63) is 35.9 Å². The number of rotatable bonds is 1. The summed E-state index contributed by atoms with van der Waals surface area (Å²) >= 11 is 4.00. The van der Waals surface area contributed by atoms with Gasteiger partial charge in [-0.25, -0.2) is 0 Å². The SMILES string of the molecule is BrC12[C@H]3CCC[C@@H]1C32c1ccccc1. The van der Waals surface area contributed by atoms with E-state index in [-0.39, 0.29) is 0 Å². The molecule has 2 unspecified atom stereocenters. The molecule has 4 atom stereocenters. The average molecular weight is 249 g/mol. The summed E-state index contributed by atoms with van der Waals surface area (Å²) in [6.07, 6.45) is 4.34. The smallest absolute Gasteiger partial charge is 0.0435 e. The van der Waals surface area contributed by atoms with Crippen LogP contribution in [0.3, 0.4) is 0 Å². The van der Waals surface area contributed by atoms with E-state index in [1.807, 2.05) is 0 Å². The molecule has 14 heavy (non-hydrogen) atoms. The van der Waals surface area contributed by atoms with Crippen LogP contribution in [0.15, 0.2) is 30.3 Å². The zero-order valence-electron chi connectivity index (χ0n) is 8.04. The van der Waals surface area contributed by atoms with Crippen molar-refractivity contribution in [3.63, 3.8) is 0 Å². The average Bonchev–Trinajstić information content (AvgIpc) is 3.05. The lowest BCUT2D eigenvalue weighted by Crippen LogP contribution is -2.21. The van der Waals surface area contributed by atoms with Gasteiger partial charge in [-0.3, -0.25) is 0 Å². The summed E-state index contributed by atoms with van der Waals surface area (Å²) in [6, 6.07) is 11.1. The van der Waals surface area contributed by atoms with E-state index in [4.69, 9.17) is 0 Å². The van der Waals surface area contributed by atoms with Gasteiger partial charge in [0.15, 0.2) is 0 Å². The number of benzene rings is 1. The van der Waals surface area contributed by atoms with Crippen LogP contribution in [0.25, 0.3) is 0 Å². The van der Waals surface area contributed by atoms with Crippen molar-refractivity contribution in [2.45, 2.75) is 29.0 Å². The Hall–Kier alpha value is -0.300. The molecule has 3 saturated carbocycles. The van der Waals surface area contributed by atoms with Crippen molar-refractivity contribution in [1.82, 2.24) is 0 Å². The molecule has 3 aliphatic rings. The maximum atomic E-state index is 4.00. The summed E-state index contributed by atoms with van der Waals surface area (Å²) in [7, 11) is 0. The lowest BCUT2D eigenvalue weighted by Gasteiger charge is -2.26. The second kappa shape index (κ2) is 2.11. The molecule has 0 aromatic heterocycles. The second-order valence-corrected chi connectivity index (χ2v) is 6.35. The highest BCUT2D eigenvalue weighted by molar-refractivity contribution is 9.10. The Labute approximate surface area is 92.8 Å². The lowest BCUT2D eigenvalue weighted by atomic mass is 9.80. The minimum atomic E-state index is 0.541. The van der Waals surface area contributed by atoms with Gasteiger partial charge in [-0.1, -0.05) is 52.7 Å². The molecule has 0 radical (unpaired) electrons. The predicted molar refractivity (Wildman–Crippen MR) is 60.6 cm³/mol. The Morgan fingerprint density at radius 3 is 2.29 bits per heavy atom. The van der Waals surface area contributed by atoms with Crippen LogP contribution in [0.4, 0.5) is 0 Å². The first-order chi connectivity index (χ1) is 6.83. The molecule has 4 rings (SSSR count). The Balaban J connectivity index is 1.82. The van der Waals surface area contributed by atoms with E-state index in [0.29, 0.717) is 9.74 Å². The summed E-state index contributed by atoms with van der Waals surface area (Å²) in [5, 5.41) is 0. The van der Waals surface area contributed by atoms with Crippen LogP contribution in [-0.4, -0.2) is 4.32 Å². The first kappa shape index (κ1) is 7.92. The van der Waals surface area contributed by atoms with Crippen molar-refractivity contribution in [3.8, 4) is 0 Å². The molecule has 0 saturated heterocycles. The third-order valence-electron chi connectivity index (χ3n) is 4.82. The molecular weight excluding hydrogens is 236 g/mol. The van der Waals surface area contributed by atoms with E-state index in [1.54, 1.807) is 5.56 Å². The topological polar surface area (TPSA) is 0 Å². The number of alkyl halides is 1. The lowest BCUT2D eigenvalue weighted by molar-refractivity contribution is 0.327. The maximum absolute atomic E-state index is 4.00. The van der Waals surface area contributed by atoms with E-state index in [0.717, 1.165) is 11.8 Å². The van der Waals surface area contributed by atoms with E-state index in [9.17, 15) is 0 Å². The van der Waals surface area contributed by atoms with Gasteiger partial charge in [0.05, 0.1) is 0 Å². The fraction of sp³-hybridized carbons (Fsp3) is 0.538. The summed E-state index contributed by atoms with van der Waals surface area (Å²) in [5.74, 6) is 1.91. The molecule has 1 heteroatoms. The predicted octanol–water partition coefficient (Wildman–Crippen LogP) is 3.50. The van der Waals surface area contributed by atoms with Crippen LogP contribution in [0.2, 0.25) is 0 Å². The molecule has 0 heterocycles. The van der Waals surface area contributed by atoms with E-state index < -0.39 is 0 Å². The van der Waals surface area contributed by atoms with Gasteiger partial charge >= 0.3 is 0 Å². The Bertz CT molecular complexity index is 383. The Morgan fingerprint density at radius 1 is 1.07 bits per heavy atom. The van der Waals surface area contributed by atoms with Crippen molar-refractivity contribution < 1.29 is 0 Å². The first-order valence-corrected chi connectivity index (χ1v) is 6.36. The van der Waals surface area contributed by atoms with Crippen LogP contribution in [0, 0.1) is 11.8 Å². The van der Waals surface area contributed by atoms with Crippen LogP contribution < -0.4 is 0 Å². The van der Waals surface area contributed by atoms with Crippen molar-refractivity contribution >= 4 is 15.9 Å². The van der Waals surface area contributed by atoms with Gasteiger partial charge in [0, 0.05) is 9.74 Å². The van der Waals surface area contributed by atoms with E-state index in [2.05, 4.69) is 46.3 Å². The first-order valence-electron chi connectivity index (χ1n) is 5.57.